The molecule has 10 heteroatoms. The number of sulfonamides is 1. The minimum atomic E-state index is -4.25. The van der Waals surface area contributed by atoms with Gasteiger partial charge in [0.25, 0.3) is 10.0 Å². The lowest BCUT2D eigenvalue weighted by molar-refractivity contribution is -0.139. The predicted octanol–water partition coefficient (Wildman–Crippen LogP) is 5.48. The SMILES string of the molecule is CNC(=O)[C@@H](Cc1ccccc1)N(Cc1cccc(Br)c1)C(=O)CN(c1ccc(F)cc1)S(=O)(=O)c1ccc(C)cc1. The van der Waals surface area contributed by atoms with Gasteiger partial charge in [0.2, 0.25) is 11.8 Å². The van der Waals surface area contributed by atoms with Gasteiger partial charge in [0, 0.05) is 24.5 Å². The molecule has 0 radical (unpaired) electrons. The summed E-state index contributed by atoms with van der Waals surface area (Å²) in [5, 5.41) is 2.65. The number of nitrogens with zero attached hydrogens (tertiary/aromatic N) is 2. The Bertz CT molecular complexity index is 1630. The van der Waals surface area contributed by atoms with E-state index in [-0.39, 0.29) is 23.5 Å². The number of halogens is 2. The molecule has 4 rings (SSSR count). The molecule has 0 saturated heterocycles. The fourth-order valence-electron chi connectivity index (χ4n) is 4.53. The summed E-state index contributed by atoms with van der Waals surface area (Å²) >= 11 is 3.46. The second-order valence-corrected chi connectivity index (χ2v) is 12.6. The molecule has 0 heterocycles. The average molecular weight is 653 g/mol. The van der Waals surface area contributed by atoms with E-state index in [9.17, 15) is 22.4 Å². The summed E-state index contributed by atoms with van der Waals surface area (Å²) in [5.74, 6) is -1.53. The van der Waals surface area contributed by atoms with E-state index in [1.165, 1.54) is 36.2 Å². The highest BCUT2D eigenvalue weighted by Gasteiger charge is 2.34. The Morgan fingerprint density at radius 1 is 0.881 bits per heavy atom. The minimum Gasteiger partial charge on any atom is -0.357 e. The molecule has 0 fully saturated rings. The predicted molar refractivity (Wildman–Crippen MR) is 165 cm³/mol. The molecule has 0 spiro atoms. The number of anilines is 1. The Morgan fingerprint density at radius 2 is 1.52 bits per heavy atom. The fourth-order valence-corrected chi connectivity index (χ4v) is 6.39. The maximum Gasteiger partial charge on any atom is 0.264 e. The highest BCUT2D eigenvalue weighted by atomic mass is 79.9. The molecule has 0 saturated carbocycles. The largest absolute Gasteiger partial charge is 0.357 e. The van der Waals surface area contributed by atoms with Gasteiger partial charge in [-0.25, -0.2) is 12.8 Å². The van der Waals surface area contributed by atoms with Crippen molar-refractivity contribution in [2.24, 2.45) is 0 Å². The lowest BCUT2D eigenvalue weighted by Gasteiger charge is -2.33. The van der Waals surface area contributed by atoms with E-state index in [1.54, 1.807) is 12.1 Å². The maximum atomic E-state index is 14.2. The van der Waals surface area contributed by atoms with Gasteiger partial charge >= 0.3 is 0 Å². The zero-order valence-corrected chi connectivity index (χ0v) is 25.6. The highest BCUT2D eigenvalue weighted by molar-refractivity contribution is 9.10. The van der Waals surface area contributed by atoms with Crippen molar-refractivity contribution in [2.45, 2.75) is 30.8 Å². The molecule has 2 amide bonds. The molecule has 0 aromatic heterocycles. The maximum absolute atomic E-state index is 14.2. The van der Waals surface area contributed by atoms with Gasteiger partial charge < -0.3 is 10.2 Å². The summed E-state index contributed by atoms with van der Waals surface area (Å²) in [6.07, 6.45) is 0.210. The van der Waals surface area contributed by atoms with Crippen molar-refractivity contribution in [3.8, 4) is 0 Å². The lowest BCUT2D eigenvalue weighted by atomic mass is 10.0. The van der Waals surface area contributed by atoms with E-state index in [1.807, 2.05) is 61.5 Å². The minimum absolute atomic E-state index is 0.0177. The summed E-state index contributed by atoms with van der Waals surface area (Å²) < 4.78 is 43.4. The smallest absolute Gasteiger partial charge is 0.264 e. The first-order chi connectivity index (χ1) is 20.1. The monoisotopic (exact) mass is 651 g/mol. The molecule has 0 aliphatic rings. The van der Waals surface area contributed by atoms with Crippen LogP contribution in [0.2, 0.25) is 0 Å². The molecule has 4 aromatic carbocycles. The summed E-state index contributed by atoms with van der Waals surface area (Å²) in [6, 6.07) is 26.8. The molecule has 0 aliphatic carbocycles. The van der Waals surface area contributed by atoms with Crippen LogP contribution in [0.1, 0.15) is 16.7 Å². The van der Waals surface area contributed by atoms with Gasteiger partial charge in [-0.15, -0.1) is 0 Å². The lowest BCUT2D eigenvalue weighted by Crippen LogP contribution is -2.53. The molecular weight excluding hydrogens is 621 g/mol. The van der Waals surface area contributed by atoms with E-state index >= 15 is 0 Å². The number of likely N-dealkylation sites (N-methyl/N-ethyl adjacent to an activating group) is 1. The molecule has 7 nitrogen and oxygen atoms in total. The van der Waals surface area contributed by atoms with E-state index in [2.05, 4.69) is 21.2 Å². The number of amides is 2. The third-order valence-electron chi connectivity index (χ3n) is 6.76. The van der Waals surface area contributed by atoms with E-state index in [0.717, 1.165) is 37.6 Å². The van der Waals surface area contributed by atoms with Crippen LogP contribution in [0.5, 0.6) is 0 Å². The van der Waals surface area contributed by atoms with Crippen LogP contribution < -0.4 is 9.62 Å². The zero-order chi connectivity index (χ0) is 30.3. The van der Waals surface area contributed by atoms with Crippen molar-refractivity contribution >= 4 is 43.5 Å². The molecule has 4 aromatic rings. The average Bonchev–Trinajstić information content (AvgIpc) is 2.98. The first-order valence-corrected chi connectivity index (χ1v) is 15.5. The van der Waals surface area contributed by atoms with E-state index in [0.29, 0.717) is 0 Å². The molecule has 42 heavy (non-hydrogen) atoms. The quantitative estimate of drug-likeness (QED) is 0.233. The van der Waals surface area contributed by atoms with Crippen LogP contribution in [0.15, 0.2) is 112 Å². The van der Waals surface area contributed by atoms with Gasteiger partial charge in [0.05, 0.1) is 10.6 Å². The number of nitrogens with one attached hydrogen (secondary N) is 1. The van der Waals surface area contributed by atoms with Crippen LogP contribution in [0.25, 0.3) is 0 Å². The number of benzene rings is 4. The normalized spacial score (nSPS) is 11.9. The van der Waals surface area contributed by atoms with Crippen LogP contribution in [0.4, 0.5) is 10.1 Å². The first kappa shape index (κ1) is 30.9. The molecule has 218 valence electrons. The van der Waals surface area contributed by atoms with Crippen molar-refractivity contribution in [1.29, 1.82) is 0 Å². The van der Waals surface area contributed by atoms with Crippen molar-refractivity contribution < 1.29 is 22.4 Å². The van der Waals surface area contributed by atoms with Crippen molar-refractivity contribution in [2.75, 3.05) is 17.9 Å². The third-order valence-corrected chi connectivity index (χ3v) is 9.04. The number of aryl methyl sites for hydroxylation is 1. The van der Waals surface area contributed by atoms with Crippen LogP contribution in [-0.4, -0.2) is 44.8 Å². The summed E-state index contributed by atoms with van der Waals surface area (Å²) in [7, 11) is -2.75. The Morgan fingerprint density at radius 3 is 2.14 bits per heavy atom. The second-order valence-electron chi connectivity index (χ2n) is 9.77. The number of carbonyl (C=O) groups is 2. The Labute approximate surface area is 254 Å². The first-order valence-electron chi connectivity index (χ1n) is 13.2. The molecule has 0 bridgehead atoms. The van der Waals surface area contributed by atoms with Gasteiger partial charge in [-0.05, 0) is 66.6 Å². The molecule has 0 aliphatic heterocycles. The van der Waals surface area contributed by atoms with Gasteiger partial charge in [-0.1, -0.05) is 76.1 Å². The molecule has 1 N–H and O–H groups in total. The Kier molecular flexibility index (Phi) is 10.1. The molecule has 0 unspecified atom stereocenters. The zero-order valence-electron chi connectivity index (χ0n) is 23.2. The van der Waals surface area contributed by atoms with Gasteiger partial charge in [0.15, 0.2) is 0 Å². The summed E-state index contributed by atoms with van der Waals surface area (Å²) in [5.41, 5.74) is 2.57. The van der Waals surface area contributed by atoms with E-state index < -0.39 is 40.2 Å². The highest BCUT2D eigenvalue weighted by Crippen LogP contribution is 2.26. The second kappa shape index (κ2) is 13.8. The van der Waals surface area contributed by atoms with Gasteiger partial charge in [0.1, 0.15) is 18.4 Å². The summed E-state index contributed by atoms with van der Waals surface area (Å²) in [4.78, 5) is 28.9. The van der Waals surface area contributed by atoms with Crippen LogP contribution in [0, 0.1) is 12.7 Å². The molecular formula is C32H31BrFN3O4S. The number of rotatable bonds is 11. The third kappa shape index (κ3) is 7.63. The van der Waals surface area contributed by atoms with Crippen LogP contribution >= 0.6 is 15.9 Å². The molecule has 1 atom stereocenters. The van der Waals surface area contributed by atoms with Crippen molar-refractivity contribution in [1.82, 2.24) is 10.2 Å². The summed E-state index contributed by atoms with van der Waals surface area (Å²) in [6.45, 7) is 1.27. The number of hydrogen-bond acceptors (Lipinski definition) is 4. The number of hydrogen-bond donors (Lipinski definition) is 1. The van der Waals surface area contributed by atoms with Crippen LogP contribution in [-0.2, 0) is 32.6 Å². The van der Waals surface area contributed by atoms with Gasteiger partial charge in [-0.2, -0.15) is 0 Å². The standard InChI is InChI=1S/C32H31BrFN3O4S/c1-23-11-17-29(18-12-23)42(40,41)37(28-15-13-27(34)14-16-28)22-31(38)36(21-25-9-6-10-26(33)19-25)30(32(39)35-2)20-24-7-4-3-5-8-24/h3-19,30H,20-22H2,1-2H3,(H,35,39)/t30-/m1/s1. The number of carbonyl (C=O) groups excluding carboxylic acids is 2. The van der Waals surface area contributed by atoms with Crippen LogP contribution in [0.3, 0.4) is 0 Å². The fraction of sp³-hybridized carbons (Fsp3) is 0.188. The van der Waals surface area contributed by atoms with E-state index in [4.69, 9.17) is 0 Å². The van der Waals surface area contributed by atoms with Gasteiger partial charge in [-0.3, -0.25) is 13.9 Å². The Hall–Kier alpha value is -4.02. The Balaban J connectivity index is 1.78. The van der Waals surface area contributed by atoms with Crippen molar-refractivity contribution in [3.63, 3.8) is 0 Å². The van der Waals surface area contributed by atoms with Crippen molar-refractivity contribution in [3.05, 3.63) is 130 Å². The topological polar surface area (TPSA) is 86.8 Å².